The van der Waals surface area contributed by atoms with Crippen molar-refractivity contribution in [2.45, 2.75) is 71.1 Å². The minimum atomic E-state index is 0.570. The largest absolute Gasteiger partial charge is 0.379 e. The van der Waals surface area contributed by atoms with E-state index in [0.717, 1.165) is 13.0 Å². The third-order valence-corrected chi connectivity index (χ3v) is 4.37. The maximum atomic E-state index is 5.60. The third-order valence-electron chi connectivity index (χ3n) is 4.37. The molecule has 0 unspecified atom stereocenters. The molecule has 0 atom stereocenters. The van der Waals surface area contributed by atoms with Crippen molar-refractivity contribution in [1.82, 2.24) is 0 Å². The highest BCUT2D eigenvalue weighted by atomic mass is 16.6. The zero-order valence-corrected chi connectivity index (χ0v) is 18.5. The second-order valence-electron chi connectivity index (χ2n) is 7.00. The summed E-state index contributed by atoms with van der Waals surface area (Å²) in [5.74, 6) is 0. The van der Waals surface area contributed by atoms with Crippen LogP contribution in [0.1, 0.15) is 71.1 Å². The van der Waals surface area contributed by atoms with E-state index in [2.05, 4.69) is 13.5 Å². The Bertz CT molecular complexity index is 286. The molecule has 5 heteroatoms. The van der Waals surface area contributed by atoms with Gasteiger partial charge < -0.3 is 23.7 Å². The van der Waals surface area contributed by atoms with E-state index in [4.69, 9.17) is 23.7 Å². The van der Waals surface area contributed by atoms with Crippen LogP contribution >= 0.6 is 0 Å². The molecule has 0 aliphatic rings. The van der Waals surface area contributed by atoms with Crippen LogP contribution in [-0.2, 0) is 23.7 Å². The highest BCUT2D eigenvalue weighted by Crippen LogP contribution is 2.10. The van der Waals surface area contributed by atoms with Crippen molar-refractivity contribution in [3.05, 3.63) is 12.7 Å². The fourth-order valence-electron chi connectivity index (χ4n) is 2.74. The maximum absolute atomic E-state index is 5.60. The molecule has 0 aromatic carbocycles. The van der Waals surface area contributed by atoms with Crippen LogP contribution in [0.5, 0.6) is 0 Å². The molecule has 0 saturated carbocycles. The SMILES string of the molecule is C=CCOCCOCCOCCOCCOCCCCCCCCCCCC. The van der Waals surface area contributed by atoms with Gasteiger partial charge in [0, 0.05) is 6.61 Å². The molecule has 0 N–H and O–H groups in total. The summed E-state index contributed by atoms with van der Waals surface area (Å²) in [6.07, 6.45) is 15.3. The Hall–Kier alpha value is -0.460. The van der Waals surface area contributed by atoms with Gasteiger partial charge in [-0.05, 0) is 6.42 Å². The second-order valence-corrected chi connectivity index (χ2v) is 7.00. The van der Waals surface area contributed by atoms with Gasteiger partial charge >= 0.3 is 0 Å². The summed E-state index contributed by atoms with van der Waals surface area (Å²) in [5.41, 5.74) is 0. The van der Waals surface area contributed by atoms with Gasteiger partial charge in [-0.25, -0.2) is 0 Å². The summed E-state index contributed by atoms with van der Waals surface area (Å²) < 4.78 is 27.1. The topological polar surface area (TPSA) is 46.2 Å². The first kappa shape index (κ1) is 27.5. The van der Waals surface area contributed by atoms with E-state index in [9.17, 15) is 0 Å². The van der Waals surface area contributed by atoms with Gasteiger partial charge in [-0.1, -0.05) is 70.8 Å². The van der Waals surface area contributed by atoms with Gasteiger partial charge in [-0.2, -0.15) is 0 Å². The lowest BCUT2D eigenvalue weighted by Gasteiger charge is -2.07. The average Bonchev–Trinajstić information content (AvgIpc) is 2.71. The first-order valence-corrected chi connectivity index (χ1v) is 11.4. The molecule has 0 saturated heterocycles. The van der Waals surface area contributed by atoms with Gasteiger partial charge in [-0.15, -0.1) is 6.58 Å². The van der Waals surface area contributed by atoms with Crippen LogP contribution in [0.3, 0.4) is 0 Å². The van der Waals surface area contributed by atoms with Gasteiger partial charge in [0.25, 0.3) is 0 Å². The summed E-state index contributed by atoms with van der Waals surface area (Å²) in [4.78, 5) is 0. The van der Waals surface area contributed by atoms with E-state index >= 15 is 0 Å². The molecule has 0 amide bonds. The Morgan fingerprint density at radius 3 is 1.25 bits per heavy atom. The molecule has 0 aromatic rings. The summed E-state index contributed by atoms with van der Waals surface area (Å²) in [7, 11) is 0. The van der Waals surface area contributed by atoms with Gasteiger partial charge in [0.2, 0.25) is 0 Å². The van der Waals surface area contributed by atoms with Crippen molar-refractivity contribution in [2.24, 2.45) is 0 Å². The van der Waals surface area contributed by atoms with Crippen molar-refractivity contribution in [3.8, 4) is 0 Å². The van der Waals surface area contributed by atoms with Crippen molar-refractivity contribution >= 4 is 0 Å². The van der Waals surface area contributed by atoms with Crippen LogP contribution in [0.15, 0.2) is 12.7 Å². The molecule has 28 heavy (non-hydrogen) atoms. The highest BCUT2D eigenvalue weighted by molar-refractivity contribution is 4.63. The average molecular weight is 403 g/mol. The summed E-state index contributed by atoms with van der Waals surface area (Å²) in [5, 5.41) is 0. The molecule has 168 valence electrons. The molecule has 0 heterocycles. The molecule has 0 spiro atoms. The van der Waals surface area contributed by atoms with Gasteiger partial charge in [0.05, 0.1) is 59.5 Å². The Kier molecular flexibility index (Phi) is 26.1. The Morgan fingerprint density at radius 2 is 0.821 bits per heavy atom. The number of hydrogen-bond donors (Lipinski definition) is 0. The zero-order chi connectivity index (χ0) is 20.4. The number of rotatable bonds is 25. The predicted octanol–water partition coefficient (Wildman–Crippen LogP) is 5.18. The Labute approximate surface area is 174 Å². The standard InChI is InChI=1S/C23H46O5/c1-3-5-6-7-8-9-10-11-12-13-15-25-17-19-27-21-23-28-22-20-26-18-16-24-14-4-2/h4H,2-3,5-23H2,1H3. The van der Waals surface area contributed by atoms with Crippen LogP contribution in [0.2, 0.25) is 0 Å². The minimum absolute atomic E-state index is 0.570. The molecule has 0 radical (unpaired) electrons. The van der Waals surface area contributed by atoms with Crippen molar-refractivity contribution in [1.29, 1.82) is 0 Å². The van der Waals surface area contributed by atoms with E-state index in [-0.39, 0.29) is 0 Å². The second kappa shape index (κ2) is 26.5. The lowest BCUT2D eigenvalue weighted by molar-refractivity contribution is -0.00958. The summed E-state index contributed by atoms with van der Waals surface area (Å²) >= 11 is 0. The smallest absolute Gasteiger partial charge is 0.0704 e. The molecule has 0 fully saturated rings. The first-order chi connectivity index (χ1) is 13.9. The normalized spacial score (nSPS) is 11.2. The molecule has 0 aliphatic heterocycles. The van der Waals surface area contributed by atoms with E-state index < -0.39 is 0 Å². The predicted molar refractivity (Wildman–Crippen MR) is 116 cm³/mol. The molecule has 0 aromatic heterocycles. The molecule has 0 aliphatic carbocycles. The van der Waals surface area contributed by atoms with Crippen LogP contribution in [0, 0.1) is 0 Å². The van der Waals surface area contributed by atoms with Gasteiger partial charge in [0.1, 0.15) is 0 Å². The Balaban J connectivity index is 2.97. The maximum Gasteiger partial charge on any atom is 0.0704 e. The minimum Gasteiger partial charge on any atom is -0.379 e. The van der Waals surface area contributed by atoms with E-state index in [1.807, 2.05) is 0 Å². The van der Waals surface area contributed by atoms with Crippen molar-refractivity contribution in [2.75, 3.05) is 66.1 Å². The van der Waals surface area contributed by atoms with Crippen LogP contribution in [0.25, 0.3) is 0 Å². The molecule has 5 nitrogen and oxygen atoms in total. The lowest BCUT2D eigenvalue weighted by Crippen LogP contribution is -2.13. The Morgan fingerprint density at radius 1 is 0.464 bits per heavy atom. The lowest BCUT2D eigenvalue weighted by atomic mass is 10.1. The molecule has 0 bridgehead atoms. The quantitative estimate of drug-likeness (QED) is 0.156. The van der Waals surface area contributed by atoms with Gasteiger partial charge in [-0.3, -0.25) is 0 Å². The monoisotopic (exact) mass is 402 g/mol. The summed E-state index contributed by atoms with van der Waals surface area (Å²) in [6.45, 7) is 12.1. The molecule has 0 rings (SSSR count). The van der Waals surface area contributed by atoms with Crippen molar-refractivity contribution in [3.63, 3.8) is 0 Å². The molecular weight excluding hydrogens is 356 g/mol. The van der Waals surface area contributed by atoms with Crippen LogP contribution in [0.4, 0.5) is 0 Å². The van der Waals surface area contributed by atoms with E-state index in [0.29, 0.717) is 59.5 Å². The van der Waals surface area contributed by atoms with Crippen LogP contribution in [-0.4, -0.2) is 66.1 Å². The first-order valence-electron chi connectivity index (χ1n) is 11.4. The third kappa shape index (κ3) is 25.5. The number of unbranched alkanes of at least 4 members (excludes halogenated alkanes) is 9. The van der Waals surface area contributed by atoms with Gasteiger partial charge in [0.15, 0.2) is 0 Å². The van der Waals surface area contributed by atoms with Crippen LogP contribution < -0.4 is 0 Å². The number of ether oxygens (including phenoxy) is 5. The van der Waals surface area contributed by atoms with E-state index in [1.165, 1.54) is 57.8 Å². The van der Waals surface area contributed by atoms with E-state index in [1.54, 1.807) is 6.08 Å². The zero-order valence-electron chi connectivity index (χ0n) is 18.5. The fraction of sp³-hybridized carbons (Fsp3) is 0.913. The fourth-order valence-corrected chi connectivity index (χ4v) is 2.74. The number of hydrogen-bond acceptors (Lipinski definition) is 5. The summed E-state index contributed by atoms with van der Waals surface area (Å²) in [6, 6.07) is 0. The molecular formula is C23H46O5. The highest BCUT2D eigenvalue weighted by Gasteiger charge is 1.95. The van der Waals surface area contributed by atoms with Crippen molar-refractivity contribution < 1.29 is 23.7 Å².